The van der Waals surface area contributed by atoms with Gasteiger partial charge in [0.1, 0.15) is 13.2 Å². The van der Waals surface area contributed by atoms with Crippen LogP contribution in [0.2, 0.25) is 0 Å². The number of unbranched alkanes of at least 4 members (excludes halogenated alkanes) is 23. The first kappa shape index (κ1) is 50.9. The Morgan fingerprint density at radius 1 is 0.654 bits per heavy atom. The van der Waals surface area contributed by atoms with Crippen LogP contribution in [0.3, 0.4) is 0 Å². The van der Waals surface area contributed by atoms with Crippen molar-refractivity contribution in [1.82, 2.24) is 0 Å². The molecule has 0 aliphatic rings. The van der Waals surface area contributed by atoms with Gasteiger partial charge in [-0.2, -0.15) is 0 Å². The van der Waals surface area contributed by atoms with E-state index in [1.165, 1.54) is 96.3 Å². The lowest BCUT2D eigenvalue weighted by Gasteiger charge is -2.32. The largest absolute Gasteiger partial charge is 0.756 e. The molecule has 52 heavy (non-hydrogen) atoms. The average Bonchev–Trinajstić information content (AvgIpc) is 3.09. The number of allylic oxidation sites excluding steroid dienone is 2. The summed E-state index contributed by atoms with van der Waals surface area (Å²) >= 11 is 0. The summed E-state index contributed by atoms with van der Waals surface area (Å²) in [6.45, 7) is 4.03. The van der Waals surface area contributed by atoms with Crippen molar-refractivity contribution in [2.75, 3.05) is 40.9 Å². The summed E-state index contributed by atoms with van der Waals surface area (Å²) in [6, 6.07) is 0. The van der Waals surface area contributed by atoms with E-state index < -0.39 is 38.4 Å². The summed E-state index contributed by atoms with van der Waals surface area (Å²) in [4.78, 5) is 38.8. The molecule has 1 N–H and O–H groups in total. The van der Waals surface area contributed by atoms with Crippen molar-refractivity contribution in [3.63, 3.8) is 0 Å². The van der Waals surface area contributed by atoms with Crippen LogP contribution < -0.4 is 4.89 Å². The van der Waals surface area contributed by atoms with Crippen molar-refractivity contribution in [3.8, 4) is 0 Å². The molecule has 3 atom stereocenters. The zero-order valence-corrected chi connectivity index (χ0v) is 35.3. The molecule has 0 fully saturated rings. The third-order valence-corrected chi connectivity index (χ3v) is 10.5. The average molecular weight is 760 g/mol. The Hall–Kier alpha value is -1.09. The number of hydrogen-bond donors (Lipinski definition) is 1. The van der Waals surface area contributed by atoms with Crippen molar-refractivity contribution in [1.29, 1.82) is 0 Å². The minimum absolute atomic E-state index is 0.0641. The van der Waals surface area contributed by atoms with Crippen LogP contribution in [0.1, 0.15) is 194 Å². The SMILES string of the molecule is CCCCCCCC/C=C\CCCCCCCC(=O)C(OP(=O)([O-])OCC[N+](C)(C)C)[C@H](CO)OC(=O)CCCCCCCCCCCCCCC. The molecule has 0 spiro atoms. The molecular weight excluding hydrogens is 677 g/mol. The number of nitrogens with zero attached hydrogens (tertiary/aromatic N) is 1. The first-order chi connectivity index (χ1) is 25.0. The second-order valence-electron chi connectivity index (χ2n) is 15.8. The van der Waals surface area contributed by atoms with E-state index >= 15 is 0 Å². The fraction of sp³-hybridized carbons (Fsp3) is 0.905. The number of rotatable bonds is 39. The monoisotopic (exact) mass is 760 g/mol. The lowest BCUT2D eigenvalue weighted by Crippen LogP contribution is -2.43. The minimum atomic E-state index is -4.91. The van der Waals surface area contributed by atoms with Crippen LogP contribution in [0.4, 0.5) is 0 Å². The topological polar surface area (TPSA) is 122 Å². The fourth-order valence-corrected chi connectivity index (χ4v) is 7.05. The van der Waals surface area contributed by atoms with Gasteiger partial charge in [-0.15, -0.1) is 0 Å². The highest BCUT2D eigenvalue weighted by molar-refractivity contribution is 7.45. The minimum Gasteiger partial charge on any atom is -0.756 e. The number of aliphatic hydroxyl groups excluding tert-OH is 1. The zero-order valence-electron chi connectivity index (χ0n) is 34.4. The van der Waals surface area contributed by atoms with Crippen molar-refractivity contribution in [2.24, 2.45) is 0 Å². The van der Waals surface area contributed by atoms with Gasteiger partial charge in [0.2, 0.25) is 0 Å². The molecule has 0 amide bonds. The maximum atomic E-state index is 13.3. The van der Waals surface area contributed by atoms with Crippen LogP contribution in [0, 0.1) is 0 Å². The summed E-state index contributed by atoms with van der Waals surface area (Å²) < 4.78 is 29.0. The Bertz CT molecular complexity index is 922. The smallest absolute Gasteiger partial charge is 0.306 e. The van der Waals surface area contributed by atoms with Crippen LogP contribution in [0.5, 0.6) is 0 Å². The highest BCUT2D eigenvalue weighted by atomic mass is 31.2. The zero-order chi connectivity index (χ0) is 38.8. The van der Waals surface area contributed by atoms with E-state index in [1.807, 2.05) is 21.1 Å². The van der Waals surface area contributed by atoms with E-state index in [2.05, 4.69) is 26.0 Å². The van der Waals surface area contributed by atoms with Crippen molar-refractivity contribution >= 4 is 19.6 Å². The normalized spacial score (nSPS) is 14.4. The van der Waals surface area contributed by atoms with Crippen LogP contribution >= 0.6 is 7.82 Å². The van der Waals surface area contributed by atoms with E-state index in [0.717, 1.165) is 57.8 Å². The number of hydrogen-bond acceptors (Lipinski definition) is 8. The predicted molar refractivity (Wildman–Crippen MR) is 213 cm³/mol. The molecule has 308 valence electrons. The molecule has 0 aromatic rings. The van der Waals surface area contributed by atoms with Gasteiger partial charge in [-0.1, -0.05) is 154 Å². The molecule has 10 heteroatoms. The maximum absolute atomic E-state index is 13.3. The number of aliphatic hydroxyl groups is 1. The van der Waals surface area contributed by atoms with Gasteiger partial charge in [-0.25, -0.2) is 0 Å². The summed E-state index contributed by atoms with van der Waals surface area (Å²) in [7, 11) is 0.790. The van der Waals surface area contributed by atoms with Crippen molar-refractivity contribution in [3.05, 3.63) is 12.2 Å². The van der Waals surface area contributed by atoms with Gasteiger partial charge in [0.25, 0.3) is 7.82 Å². The molecule has 0 heterocycles. The van der Waals surface area contributed by atoms with E-state index in [9.17, 15) is 24.2 Å². The second kappa shape index (κ2) is 34.4. The first-order valence-electron chi connectivity index (χ1n) is 21.4. The number of ether oxygens (including phenoxy) is 1. The molecule has 0 aromatic carbocycles. The lowest BCUT2D eigenvalue weighted by atomic mass is 10.0. The maximum Gasteiger partial charge on any atom is 0.306 e. The highest BCUT2D eigenvalue weighted by Crippen LogP contribution is 2.41. The van der Waals surface area contributed by atoms with Gasteiger partial charge >= 0.3 is 5.97 Å². The number of carbonyl (C=O) groups excluding carboxylic acids is 2. The summed E-state index contributed by atoms with van der Waals surface area (Å²) in [5, 5.41) is 10.1. The Morgan fingerprint density at radius 3 is 1.48 bits per heavy atom. The van der Waals surface area contributed by atoms with Crippen LogP contribution in [0.25, 0.3) is 0 Å². The molecule has 9 nitrogen and oxygen atoms in total. The lowest BCUT2D eigenvalue weighted by molar-refractivity contribution is -0.870. The van der Waals surface area contributed by atoms with Crippen molar-refractivity contribution < 1.29 is 42.4 Å². The molecule has 0 aromatic heterocycles. The quantitative estimate of drug-likeness (QED) is 0.0216. The Morgan fingerprint density at radius 2 is 1.06 bits per heavy atom. The van der Waals surface area contributed by atoms with Crippen molar-refractivity contribution in [2.45, 2.75) is 206 Å². The number of ketones is 1. The van der Waals surface area contributed by atoms with Gasteiger partial charge < -0.3 is 28.3 Å². The van der Waals surface area contributed by atoms with E-state index in [-0.39, 0.29) is 19.4 Å². The van der Waals surface area contributed by atoms with Gasteiger partial charge in [0.15, 0.2) is 18.0 Å². The van der Waals surface area contributed by atoms with Gasteiger partial charge in [0.05, 0.1) is 27.7 Å². The van der Waals surface area contributed by atoms with Gasteiger partial charge in [-0.05, 0) is 38.5 Å². The molecular formula is C42H82NO8P. The number of likely N-dealkylation sites (N-methyl/N-ethyl adjacent to an activating group) is 1. The van der Waals surface area contributed by atoms with Crippen LogP contribution in [-0.4, -0.2) is 74.5 Å². The number of esters is 1. The standard InChI is InChI=1S/C42H82NO8P/c1-6-8-10-12-14-16-18-20-21-23-24-26-28-30-32-34-39(45)42(51-52(47,48)49-37-36-43(3,4)5)40(38-44)50-41(46)35-33-31-29-27-25-22-19-17-15-13-11-9-7-2/h20-21,40,42,44H,6-19,22-38H2,1-5H3/b21-20-/t40-,42?/m0/s1. The second-order valence-corrected chi connectivity index (χ2v) is 17.2. The molecule has 0 radical (unpaired) electrons. The summed E-state index contributed by atoms with van der Waals surface area (Å²) in [6.07, 6.45) is 31.7. The Kier molecular flexibility index (Phi) is 33.7. The third kappa shape index (κ3) is 33.5. The number of phosphoric acid groups is 1. The first-order valence-corrected chi connectivity index (χ1v) is 22.8. The van der Waals surface area contributed by atoms with E-state index in [0.29, 0.717) is 23.9 Å². The molecule has 0 bridgehead atoms. The van der Waals surface area contributed by atoms with E-state index in [1.54, 1.807) is 0 Å². The molecule has 0 saturated carbocycles. The number of carbonyl (C=O) groups is 2. The number of quaternary nitrogens is 1. The van der Waals surface area contributed by atoms with Gasteiger partial charge in [0, 0.05) is 12.8 Å². The van der Waals surface area contributed by atoms with E-state index in [4.69, 9.17) is 13.8 Å². The molecule has 0 saturated heterocycles. The summed E-state index contributed by atoms with van der Waals surface area (Å²) in [5.74, 6) is -1.09. The predicted octanol–water partition coefficient (Wildman–Crippen LogP) is 10.6. The highest BCUT2D eigenvalue weighted by Gasteiger charge is 2.35. The number of Topliss-reactive ketones (excluding diaryl/α,β-unsaturated/α-hetero) is 1. The number of phosphoric ester groups is 1. The molecule has 0 aliphatic heterocycles. The summed E-state index contributed by atoms with van der Waals surface area (Å²) in [5.41, 5.74) is 0. The molecule has 0 rings (SSSR count). The van der Waals surface area contributed by atoms with Crippen LogP contribution in [0.15, 0.2) is 12.2 Å². The Labute approximate surface area is 320 Å². The van der Waals surface area contributed by atoms with Crippen LogP contribution in [-0.2, 0) is 27.9 Å². The molecule has 2 unspecified atom stereocenters. The Balaban J connectivity index is 4.67. The molecule has 0 aliphatic carbocycles. The fourth-order valence-electron chi connectivity index (χ4n) is 6.15. The third-order valence-electron chi connectivity index (χ3n) is 9.54. The van der Waals surface area contributed by atoms with Gasteiger partial charge in [-0.3, -0.25) is 14.2 Å².